The van der Waals surface area contributed by atoms with Gasteiger partial charge < -0.3 is 9.47 Å². The van der Waals surface area contributed by atoms with Crippen molar-refractivity contribution in [1.82, 2.24) is 0 Å². The minimum atomic E-state index is -0.974. The summed E-state index contributed by atoms with van der Waals surface area (Å²) < 4.78 is 38.9. The predicted octanol–water partition coefficient (Wildman–Crippen LogP) is 8.88. The van der Waals surface area contributed by atoms with E-state index in [2.05, 4.69) is 13.0 Å². The molecule has 0 saturated heterocycles. The number of rotatable bonds is 12. The summed E-state index contributed by atoms with van der Waals surface area (Å²) in [6, 6.07) is 2.88. The monoisotopic (exact) mass is 462 g/mol. The zero-order valence-corrected chi connectivity index (χ0v) is 20.8. The van der Waals surface area contributed by atoms with Crippen LogP contribution in [0.5, 0.6) is 11.5 Å². The molecule has 2 aliphatic carbocycles. The van der Waals surface area contributed by atoms with E-state index >= 15 is 0 Å². The normalized spacial score (nSPS) is 25.9. The van der Waals surface area contributed by atoms with Crippen molar-refractivity contribution in [3.63, 3.8) is 0 Å². The van der Waals surface area contributed by atoms with E-state index in [1.54, 1.807) is 0 Å². The van der Waals surface area contributed by atoms with E-state index in [1.807, 2.05) is 13.0 Å². The summed E-state index contributed by atoms with van der Waals surface area (Å²) in [5.41, 5.74) is 0. The van der Waals surface area contributed by atoms with Gasteiger partial charge in [-0.15, -0.1) is 0 Å². The molecule has 186 valence electrons. The summed E-state index contributed by atoms with van der Waals surface area (Å²) in [5.74, 6) is 1.37. The minimum absolute atomic E-state index is 0.0565. The molecule has 33 heavy (non-hydrogen) atoms. The molecule has 0 unspecified atom stereocenters. The third-order valence-corrected chi connectivity index (χ3v) is 7.81. The van der Waals surface area contributed by atoms with E-state index in [-0.39, 0.29) is 18.1 Å². The summed E-state index contributed by atoms with van der Waals surface area (Å²) in [4.78, 5) is 0. The lowest BCUT2D eigenvalue weighted by atomic mass is 9.68. The highest BCUT2D eigenvalue weighted by molar-refractivity contribution is 5.35. The van der Waals surface area contributed by atoms with Crippen LogP contribution in [0.25, 0.3) is 0 Å². The second-order valence-corrected chi connectivity index (χ2v) is 10.2. The molecular formula is C29H44F2O2. The van der Waals surface area contributed by atoms with Gasteiger partial charge in [-0.25, -0.2) is 0 Å². The molecule has 1 aromatic rings. The molecule has 2 aliphatic rings. The van der Waals surface area contributed by atoms with E-state index in [1.165, 1.54) is 89.2 Å². The highest BCUT2D eigenvalue weighted by Gasteiger charge is 2.30. The van der Waals surface area contributed by atoms with Crippen LogP contribution in [0.15, 0.2) is 24.3 Å². The summed E-state index contributed by atoms with van der Waals surface area (Å²) in [6.45, 7) is 4.83. The molecule has 0 heterocycles. The quantitative estimate of drug-likeness (QED) is 0.228. The molecule has 3 rings (SSSR count). The number of allylic oxidation sites excluding steroid dienone is 1. The third kappa shape index (κ3) is 8.00. The fourth-order valence-electron chi connectivity index (χ4n) is 5.78. The Hall–Kier alpha value is -1.58. The molecule has 2 saturated carbocycles. The van der Waals surface area contributed by atoms with Crippen molar-refractivity contribution in [3.8, 4) is 11.5 Å². The first-order chi connectivity index (χ1) is 16.1. The molecule has 2 fully saturated rings. The highest BCUT2D eigenvalue weighted by Crippen LogP contribution is 2.42. The molecule has 0 atom stereocenters. The van der Waals surface area contributed by atoms with Crippen LogP contribution in [0.1, 0.15) is 97.3 Å². The maximum absolute atomic E-state index is 14.2. The van der Waals surface area contributed by atoms with Gasteiger partial charge in [0.05, 0.1) is 6.61 Å². The summed E-state index contributed by atoms with van der Waals surface area (Å²) in [7, 11) is 0. The lowest BCUT2D eigenvalue weighted by Crippen LogP contribution is -2.25. The van der Waals surface area contributed by atoms with E-state index in [4.69, 9.17) is 9.47 Å². The molecular weight excluding hydrogens is 418 g/mol. The van der Waals surface area contributed by atoms with Gasteiger partial charge in [-0.05, 0) is 80.8 Å². The first-order valence-corrected chi connectivity index (χ1v) is 13.5. The van der Waals surface area contributed by atoms with Crippen LogP contribution >= 0.6 is 0 Å². The zero-order chi connectivity index (χ0) is 23.5. The Kier molecular flexibility index (Phi) is 11.0. The number of ether oxygens (including phenoxy) is 2. The van der Waals surface area contributed by atoms with E-state index in [9.17, 15) is 8.78 Å². The van der Waals surface area contributed by atoms with Crippen LogP contribution in [0.3, 0.4) is 0 Å². The Labute approximate surface area is 200 Å². The number of benzene rings is 1. The van der Waals surface area contributed by atoms with Gasteiger partial charge in [-0.3, -0.25) is 0 Å². The van der Waals surface area contributed by atoms with Crippen LogP contribution in [0, 0.1) is 35.3 Å². The fraction of sp³-hybridized carbons (Fsp3) is 0.724. The zero-order valence-electron chi connectivity index (χ0n) is 20.8. The van der Waals surface area contributed by atoms with Crippen LogP contribution in [0.4, 0.5) is 8.78 Å². The number of hydrogen-bond donors (Lipinski definition) is 0. The lowest BCUT2D eigenvalue weighted by molar-refractivity contribution is 0.151. The second-order valence-electron chi connectivity index (χ2n) is 10.2. The van der Waals surface area contributed by atoms with E-state index in [0.29, 0.717) is 12.5 Å². The van der Waals surface area contributed by atoms with Gasteiger partial charge in [0.15, 0.2) is 11.5 Å². The van der Waals surface area contributed by atoms with Crippen molar-refractivity contribution in [2.24, 2.45) is 23.7 Å². The van der Waals surface area contributed by atoms with E-state index in [0.717, 1.165) is 24.2 Å². The maximum atomic E-state index is 14.2. The molecule has 0 amide bonds. The predicted molar refractivity (Wildman–Crippen MR) is 132 cm³/mol. The molecule has 0 aliphatic heterocycles. The van der Waals surface area contributed by atoms with E-state index < -0.39 is 11.6 Å². The van der Waals surface area contributed by atoms with Gasteiger partial charge in [0.25, 0.3) is 0 Å². The molecule has 0 aromatic heterocycles. The van der Waals surface area contributed by atoms with Crippen LogP contribution in [-0.2, 0) is 0 Å². The Balaban J connectivity index is 1.34. The largest absolute Gasteiger partial charge is 0.490 e. The summed E-state index contributed by atoms with van der Waals surface area (Å²) in [5, 5.41) is 0. The fourth-order valence-corrected chi connectivity index (χ4v) is 5.78. The van der Waals surface area contributed by atoms with Crippen LogP contribution in [-0.4, -0.2) is 13.2 Å². The minimum Gasteiger partial charge on any atom is -0.490 e. The maximum Gasteiger partial charge on any atom is 0.204 e. The number of hydrogen-bond acceptors (Lipinski definition) is 2. The average molecular weight is 463 g/mol. The standard InChI is InChI=1S/C29H44F2O2/c1-3-5-6-8-22-10-14-24(15-11-22)25-16-12-23(13-17-25)9-7-21-33-27-19-18-26(32-20-4-2)28(30)29(27)31/h7,9,18-19,22-25H,3-6,8,10-17,20-21H2,1-2H3/b9-7+/t22-,23?,24-,25?. The second kappa shape index (κ2) is 14.0. The molecule has 0 radical (unpaired) electrons. The topological polar surface area (TPSA) is 18.5 Å². The molecule has 4 heteroatoms. The molecule has 2 nitrogen and oxygen atoms in total. The van der Waals surface area contributed by atoms with Crippen molar-refractivity contribution in [2.75, 3.05) is 13.2 Å². The highest BCUT2D eigenvalue weighted by atomic mass is 19.2. The molecule has 1 aromatic carbocycles. The number of unbranched alkanes of at least 4 members (excludes halogenated alkanes) is 2. The first kappa shape index (κ1) is 26.0. The average Bonchev–Trinajstić information content (AvgIpc) is 2.85. The molecule has 0 bridgehead atoms. The first-order valence-electron chi connectivity index (χ1n) is 13.5. The van der Waals surface area contributed by atoms with Crippen molar-refractivity contribution < 1.29 is 18.3 Å². The smallest absolute Gasteiger partial charge is 0.204 e. The summed E-state index contributed by atoms with van der Waals surface area (Å²) >= 11 is 0. The van der Waals surface area contributed by atoms with Crippen molar-refractivity contribution >= 4 is 0 Å². The molecule has 0 N–H and O–H groups in total. The van der Waals surface area contributed by atoms with Gasteiger partial charge in [-0.2, -0.15) is 8.78 Å². The lowest BCUT2D eigenvalue weighted by Gasteiger charge is -2.37. The van der Waals surface area contributed by atoms with Gasteiger partial charge in [0.1, 0.15) is 6.61 Å². The van der Waals surface area contributed by atoms with Gasteiger partial charge in [-0.1, -0.05) is 64.5 Å². The van der Waals surface area contributed by atoms with Gasteiger partial charge >= 0.3 is 0 Å². The molecule has 0 spiro atoms. The third-order valence-electron chi connectivity index (χ3n) is 7.81. The number of halogens is 2. The van der Waals surface area contributed by atoms with Crippen molar-refractivity contribution in [2.45, 2.75) is 97.3 Å². The summed E-state index contributed by atoms with van der Waals surface area (Å²) in [6.07, 6.45) is 21.5. The van der Waals surface area contributed by atoms with Crippen molar-refractivity contribution in [3.05, 3.63) is 35.9 Å². The SMILES string of the molecule is CCCCC[C@H]1CC[C@H](C2CCC(/C=C/COc3ccc(OCCC)c(F)c3F)CC2)CC1. The Morgan fingerprint density at radius 2 is 1.39 bits per heavy atom. The van der Waals surface area contributed by atoms with Crippen LogP contribution < -0.4 is 9.47 Å². The van der Waals surface area contributed by atoms with Crippen LogP contribution in [0.2, 0.25) is 0 Å². The van der Waals surface area contributed by atoms with Crippen molar-refractivity contribution in [1.29, 1.82) is 0 Å². The van der Waals surface area contributed by atoms with Gasteiger partial charge in [0.2, 0.25) is 11.6 Å². The Morgan fingerprint density at radius 1 is 0.788 bits per heavy atom. The Bertz CT molecular complexity index is 717. The van der Waals surface area contributed by atoms with Gasteiger partial charge in [0, 0.05) is 0 Å². The Morgan fingerprint density at radius 3 is 2.00 bits per heavy atom.